The van der Waals surface area contributed by atoms with E-state index in [-0.39, 0.29) is 28.8 Å². The minimum atomic E-state index is -0.675. The zero-order valence-electron chi connectivity index (χ0n) is 17.6. The lowest BCUT2D eigenvalue weighted by molar-refractivity contribution is -0.213. The van der Waals surface area contributed by atoms with Gasteiger partial charge in [-0.15, -0.1) is 0 Å². The molecule has 5 fully saturated rings. The van der Waals surface area contributed by atoms with Crippen LogP contribution in [-0.2, 0) is 14.3 Å². The number of rotatable bonds is 1. The van der Waals surface area contributed by atoms with Crippen molar-refractivity contribution in [2.24, 2.45) is 34.5 Å². The number of epoxide rings is 1. The van der Waals surface area contributed by atoms with Crippen LogP contribution in [0.5, 0.6) is 0 Å². The summed E-state index contributed by atoms with van der Waals surface area (Å²) in [6.07, 6.45) is 11.8. The maximum Gasteiger partial charge on any atom is 0.332 e. The summed E-state index contributed by atoms with van der Waals surface area (Å²) < 4.78 is 11.3. The van der Waals surface area contributed by atoms with Crippen LogP contribution < -0.4 is 0 Å². The molecule has 29 heavy (non-hydrogen) atoms. The maximum absolute atomic E-state index is 12.3. The van der Waals surface area contributed by atoms with Crippen molar-refractivity contribution >= 4 is 5.97 Å². The van der Waals surface area contributed by atoms with E-state index < -0.39 is 17.5 Å². The van der Waals surface area contributed by atoms with Crippen LogP contribution in [0.15, 0.2) is 12.2 Å². The number of fused-ring (bicyclic) bond motifs is 6. The van der Waals surface area contributed by atoms with Crippen molar-refractivity contribution in [3.8, 4) is 0 Å². The fraction of sp³-hybridized carbons (Fsp3) is 0.875. The summed E-state index contributed by atoms with van der Waals surface area (Å²) in [5.74, 6) is 1.32. The second kappa shape index (κ2) is 5.66. The largest absolute Gasteiger partial charge is 0.429 e. The summed E-state index contributed by atoms with van der Waals surface area (Å²) in [5.41, 5.74) is -1.16. The molecule has 0 aromatic rings. The van der Waals surface area contributed by atoms with Crippen molar-refractivity contribution in [3.05, 3.63) is 12.2 Å². The first-order chi connectivity index (χ1) is 13.7. The lowest BCUT2D eigenvalue weighted by Gasteiger charge is -2.63. The number of hydrogen-bond donors (Lipinski definition) is 2. The highest BCUT2D eigenvalue weighted by Crippen LogP contribution is 2.72. The van der Waals surface area contributed by atoms with Gasteiger partial charge in [0.1, 0.15) is 0 Å². The number of aliphatic hydroxyl groups is 2. The van der Waals surface area contributed by atoms with E-state index in [9.17, 15) is 15.0 Å². The minimum Gasteiger partial charge on any atom is -0.429 e. The Morgan fingerprint density at radius 2 is 1.86 bits per heavy atom. The molecular formula is C24H34O5. The molecule has 160 valence electrons. The molecule has 0 spiro atoms. The van der Waals surface area contributed by atoms with E-state index in [0.717, 1.165) is 57.8 Å². The van der Waals surface area contributed by atoms with E-state index in [4.69, 9.17) is 9.47 Å². The molecular weight excluding hydrogens is 368 g/mol. The molecule has 2 aliphatic heterocycles. The van der Waals surface area contributed by atoms with Gasteiger partial charge in [0, 0.05) is 17.4 Å². The Morgan fingerprint density at radius 3 is 2.66 bits per heavy atom. The van der Waals surface area contributed by atoms with Crippen LogP contribution in [0.2, 0.25) is 0 Å². The van der Waals surface area contributed by atoms with Crippen LogP contribution in [0, 0.1) is 34.5 Å². The molecule has 0 aromatic carbocycles. The average Bonchev–Trinajstić information content (AvgIpc) is 3.32. The summed E-state index contributed by atoms with van der Waals surface area (Å²) in [5, 5.41) is 22.5. The number of carbonyl (C=O) groups excluding carboxylic acids is 1. The number of ether oxygens (including phenoxy) is 2. The fourth-order valence-electron chi connectivity index (χ4n) is 9.02. The molecule has 0 bridgehead atoms. The molecule has 2 heterocycles. The number of aliphatic hydroxyl groups excluding tert-OH is 1. The summed E-state index contributed by atoms with van der Waals surface area (Å²) in [7, 11) is 0. The third kappa shape index (κ3) is 2.20. The molecule has 6 rings (SSSR count). The third-order valence-electron chi connectivity index (χ3n) is 10.7. The highest BCUT2D eigenvalue weighted by atomic mass is 16.8. The lowest BCUT2D eigenvalue weighted by Crippen LogP contribution is -2.63. The standard InChI is InChI=1S/C24H34O5/c1-21-9-5-15(25)13-14(21)3-4-17-16(21)6-10-22(2)18(7-12-24(17,22)27)23-11-8-19(26)28-20(23)29-23/h8,11,14-18,20,25,27H,3-7,9-10,12-13H2,1-2H3/t14-,15+,16+,17-,18+,20-,21+,22-,23+,24+/m1/s1. The predicted octanol–water partition coefficient (Wildman–Crippen LogP) is 3.33. The van der Waals surface area contributed by atoms with Gasteiger partial charge in [0.25, 0.3) is 0 Å². The van der Waals surface area contributed by atoms with Gasteiger partial charge in [-0.1, -0.05) is 13.8 Å². The molecule has 4 aliphatic carbocycles. The molecule has 4 saturated carbocycles. The van der Waals surface area contributed by atoms with Crippen LogP contribution in [0.3, 0.4) is 0 Å². The molecule has 2 N–H and O–H groups in total. The van der Waals surface area contributed by atoms with E-state index >= 15 is 0 Å². The second-order valence-corrected chi connectivity index (χ2v) is 11.5. The number of carbonyl (C=O) groups is 1. The predicted molar refractivity (Wildman–Crippen MR) is 106 cm³/mol. The molecule has 0 aromatic heterocycles. The first-order valence-electron chi connectivity index (χ1n) is 11.7. The summed E-state index contributed by atoms with van der Waals surface area (Å²) in [6, 6.07) is 0. The molecule has 1 saturated heterocycles. The van der Waals surface area contributed by atoms with E-state index in [2.05, 4.69) is 13.8 Å². The molecule has 0 radical (unpaired) electrons. The molecule has 10 atom stereocenters. The lowest BCUT2D eigenvalue weighted by atomic mass is 9.43. The zero-order valence-corrected chi connectivity index (χ0v) is 17.6. The molecule has 5 heteroatoms. The quantitative estimate of drug-likeness (QED) is 0.520. The van der Waals surface area contributed by atoms with Gasteiger partial charge in [0.05, 0.1) is 11.7 Å². The molecule has 0 amide bonds. The van der Waals surface area contributed by atoms with E-state index in [1.54, 1.807) is 0 Å². The average molecular weight is 403 g/mol. The van der Waals surface area contributed by atoms with Gasteiger partial charge in [0.15, 0.2) is 5.60 Å². The Hall–Kier alpha value is -0.910. The van der Waals surface area contributed by atoms with Crippen molar-refractivity contribution in [2.45, 2.75) is 95.2 Å². The SMILES string of the molecule is C[C@]12CC[C@H](O)C[C@H]1CC[C@@H]1[C@@H]2CC[C@]2(C)[C@@H]([C@@]34C=CC(=O)O[C@@H]3O4)CC[C@]12O. The van der Waals surface area contributed by atoms with Crippen LogP contribution in [-0.4, -0.2) is 39.8 Å². The van der Waals surface area contributed by atoms with Gasteiger partial charge in [-0.25, -0.2) is 4.79 Å². The Morgan fingerprint density at radius 1 is 1.03 bits per heavy atom. The van der Waals surface area contributed by atoms with Crippen LogP contribution in [0.4, 0.5) is 0 Å². The highest BCUT2D eigenvalue weighted by molar-refractivity contribution is 5.84. The summed E-state index contributed by atoms with van der Waals surface area (Å²) in [4.78, 5) is 11.6. The summed E-state index contributed by atoms with van der Waals surface area (Å²) >= 11 is 0. The first kappa shape index (κ1) is 18.8. The monoisotopic (exact) mass is 402 g/mol. The van der Waals surface area contributed by atoms with Gasteiger partial charge >= 0.3 is 5.97 Å². The number of hydrogen-bond acceptors (Lipinski definition) is 5. The fourth-order valence-corrected chi connectivity index (χ4v) is 9.02. The third-order valence-corrected chi connectivity index (χ3v) is 10.7. The second-order valence-electron chi connectivity index (χ2n) is 11.5. The molecule has 6 aliphatic rings. The molecule has 5 nitrogen and oxygen atoms in total. The zero-order chi connectivity index (χ0) is 20.2. The highest BCUT2D eigenvalue weighted by Gasteiger charge is 2.76. The normalized spacial score (nSPS) is 60.5. The summed E-state index contributed by atoms with van der Waals surface area (Å²) in [6.45, 7) is 4.72. The Balaban J connectivity index is 1.33. The van der Waals surface area contributed by atoms with Gasteiger partial charge in [-0.05, 0) is 87.0 Å². The van der Waals surface area contributed by atoms with E-state index in [1.807, 2.05) is 6.08 Å². The van der Waals surface area contributed by atoms with Crippen molar-refractivity contribution in [2.75, 3.05) is 0 Å². The Kier molecular flexibility index (Phi) is 3.67. The topological polar surface area (TPSA) is 79.3 Å². The first-order valence-corrected chi connectivity index (χ1v) is 11.7. The maximum atomic E-state index is 12.3. The van der Waals surface area contributed by atoms with Crippen molar-refractivity contribution < 1.29 is 24.5 Å². The van der Waals surface area contributed by atoms with E-state index in [0.29, 0.717) is 17.8 Å². The van der Waals surface area contributed by atoms with Crippen molar-refractivity contribution in [1.82, 2.24) is 0 Å². The molecule has 0 unspecified atom stereocenters. The van der Waals surface area contributed by atoms with Crippen LogP contribution in [0.1, 0.15) is 71.6 Å². The van der Waals surface area contributed by atoms with E-state index in [1.165, 1.54) is 6.08 Å². The Bertz CT molecular complexity index is 779. The van der Waals surface area contributed by atoms with Gasteiger partial charge < -0.3 is 19.7 Å². The van der Waals surface area contributed by atoms with Gasteiger partial charge in [-0.3, -0.25) is 0 Å². The van der Waals surface area contributed by atoms with Crippen LogP contribution in [0.25, 0.3) is 0 Å². The van der Waals surface area contributed by atoms with Gasteiger partial charge in [0.2, 0.25) is 6.29 Å². The Labute approximate surface area is 172 Å². The van der Waals surface area contributed by atoms with Crippen LogP contribution >= 0.6 is 0 Å². The van der Waals surface area contributed by atoms with Crippen molar-refractivity contribution in [1.29, 1.82) is 0 Å². The minimum absolute atomic E-state index is 0.138. The number of esters is 1. The smallest absolute Gasteiger partial charge is 0.332 e. The van der Waals surface area contributed by atoms with Crippen molar-refractivity contribution in [3.63, 3.8) is 0 Å². The van der Waals surface area contributed by atoms with Gasteiger partial charge in [-0.2, -0.15) is 0 Å².